The number of rotatable bonds is 6. The SMILES string of the molecule is C.COCCOCc1nc(C(F)(F)F)ccc1C(O)=C1C(=O)CCCC1=O. The summed E-state index contributed by atoms with van der Waals surface area (Å²) >= 11 is 0. The minimum atomic E-state index is -4.68. The van der Waals surface area contributed by atoms with Gasteiger partial charge in [0.1, 0.15) is 17.0 Å². The number of methoxy groups -OCH3 is 1. The maximum Gasteiger partial charge on any atom is 0.433 e. The van der Waals surface area contributed by atoms with Crippen LogP contribution in [0.2, 0.25) is 0 Å². The molecule has 0 aliphatic heterocycles. The van der Waals surface area contributed by atoms with E-state index in [2.05, 4.69) is 4.98 Å². The number of carbonyl (C=O) groups excluding carboxylic acids is 2. The van der Waals surface area contributed by atoms with Crippen molar-refractivity contribution in [3.05, 3.63) is 34.7 Å². The number of allylic oxidation sites excluding steroid dienone is 1. The van der Waals surface area contributed by atoms with Crippen molar-refractivity contribution in [1.82, 2.24) is 4.98 Å². The molecular formula is C18H22F3NO5. The number of hydrogen-bond donors (Lipinski definition) is 1. The lowest BCUT2D eigenvalue weighted by Gasteiger charge is -2.17. The molecule has 0 aromatic carbocycles. The second-order valence-corrected chi connectivity index (χ2v) is 5.66. The van der Waals surface area contributed by atoms with Crippen LogP contribution >= 0.6 is 0 Å². The van der Waals surface area contributed by atoms with E-state index in [9.17, 15) is 27.9 Å². The monoisotopic (exact) mass is 389 g/mol. The fourth-order valence-electron chi connectivity index (χ4n) is 2.51. The van der Waals surface area contributed by atoms with Gasteiger partial charge in [0, 0.05) is 25.5 Å². The van der Waals surface area contributed by atoms with Crippen LogP contribution in [0.5, 0.6) is 0 Å². The lowest BCUT2D eigenvalue weighted by Crippen LogP contribution is -2.21. The summed E-state index contributed by atoms with van der Waals surface area (Å²) in [5.74, 6) is -1.74. The van der Waals surface area contributed by atoms with Gasteiger partial charge in [0.15, 0.2) is 11.6 Å². The number of aromatic nitrogens is 1. The Labute approximate surface area is 155 Å². The first kappa shape index (κ1) is 22.8. The van der Waals surface area contributed by atoms with E-state index in [1.165, 1.54) is 7.11 Å². The van der Waals surface area contributed by atoms with Gasteiger partial charge < -0.3 is 14.6 Å². The average molecular weight is 389 g/mol. The maximum atomic E-state index is 12.9. The zero-order valence-electron chi connectivity index (χ0n) is 14.1. The molecule has 9 heteroatoms. The molecule has 6 nitrogen and oxygen atoms in total. The topological polar surface area (TPSA) is 85.7 Å². The third-order valence-electron chi connectivity index (χ3n) is 3.79. The van der Waals surface area contributed by atoms with Crippen LogP contribution in [0.4, 0.5) is 13.2 Å². The molecule has 27 heavy (non-hydrogen) atoms. The number of ketones is 2. The summed E-state index contributed by atoms with van der Waals surface area (Å²) in [4.78, 5) is 27.4. The second-order valence-electron chi connectivity index (χ2n) is 5.66. The first-order valence-electron chi connectivity index (χ1n) is 7.89. The van der Waals surface area contributed by atoms with E-state index in [1.807, 2.05) is 0 Å². The first-order valence-corrected chi connectivity index (χ1v) is 7.89. The van der Waals surface area contributed by atoms with E-state index in [4.69, 9.17) is 9.47 Å². The van der Waals surface area contributed by atoms with Crippen LogP contribution in [0.1, 0.15) is 43.6 Å². The van der Waals surface area contributed by atoms with Crippen LogP contribution in [0.15, 0.2) is 17.7 Å². The van der Waals surface area contributed by atoms with Crippen molar-refractivity contribution < 1.29 is 37.3 Å². The van der Waals surface area contributed by atoms with Gasteiger partial charge in [0.2, 0.25) is 0 Å². The molecule has 1 aliphatic rings. The molecule has 0 unspecified atom stereocenters. The van der Waals surface area contributed by atoms with Crippen LogP contribution in [-0.2, 0) is 31.8 Å². The van der Waals surface area contributed by atoms with Crippen LogP contribution in [-0.4, -0.2) is 42.0 Å². The van der Waals surface area contributed by atoms with E-state index in [0.717, 1.165) is 6.07 Å². The summed E-state index contributed by atoms with van der Waals surface area (Å²) in [5, 5.41) is 10.4. The molecule has 2 rings (SSSR count). The van der Waals surface area contributed by atoms with Crippen molar-refractivity contribution in [3.8, 4) is 0 Å². The Morgan fingerprint density at radius 1 is 1.19 bits per heavy atom. The van der Waals surface area contributed by atoms with Crippen LogP contribution in [0.25, 0.3) is 5.76 Å². The van der Waals surface area contributed by atoms with Crippen molar-refractivity contribution in [2.75, 3.05) is 20.3 Å². The molecular weight excluding hydrogens is 367 g/mol. The first-order chi connectivity index (χ1) is 12.3. The fraction of sp³-hybridized carbons (Fsp3) is 0.500. The van der Waals surface area contributed by atoms with Gasteiger partial charge in [-0.15, -0.1) is 0 Å². The molecule has 0 amide bonds. The smallest absolute Gasteiger partial charge is 0.433 e. The molecule has 1 fully saturated rings. The third kappa shape index (κ3) is 5.61. The number of aliphatic hydroxyl groups excluding tert-OH is 1. The molecule has 1 N–H and O–H groups in total. The summed E-state index contributed by atoms with van der Waals surface area (Å²) in [5.41, 5.74) is -1.90. The highest BCUT2D eigenvalue weighted by atomic mass is 19.4. The van der Waals surface area contributed by atoms with Crippen molar-refractivity contribution >= 4 is 17.3 Å². The molecule has 0 atom stereocenters. The lowest BCUT2D eigenvalue weighted by molar-refractivity contribution is -0.141. The molecule has 150 valence electrons. The molecule has 1 aromatic heterocycles. The standard InChI is InChI=1S/C17H18F3NO5.CH4/c1-25-7-8-26-9-11-10(5-6-14(21-11)17(18,19)20)16(24)15-12(22)3-2-4-13(15)23;/h5-6,24H,2-4,7-9H2,1H3;1H4. The van der Waals surface area contributed by atoms with Gasteiger partial charge in [0.05, 0.1) is 25.5 Å². The number of hydrogen-bond acceptors (Lipinski definition) is 6. The molecule has 0 saturated heterocycles. The Hall–Kier alpha value is -2.26. The number of ether oxygens (including phenoxy) is 2. The number of carbonyl (C=O) groups is 2. The number of aliphatic hydroxyl groups is 1. The molecule has 1 aliphatic carbocycles. The van der Waals surface area contributed by atoms with Gasteiger partial charge in [0.25, 0.3) is 0 Å². The maximum absolute atomic E-state index is 12.9. The minimum absolute atomic E-state index is 0. The number of alkyl halides is 3. The molecule has 0 spiro atoms. The third-order valence-corrected chi connectivity index (χ3v) is 3.79. The van der Waals surface area contributed by atoms with Gasteiger partial charge in [-0.05, 0) is 18.6 Å². The van der Waals surface area contributed by atoms with E-state index < -0.39 is 34.8 Å². The Morgan fingerprint density at radius 3 is 2.37 bits per heavy atom. The lowest BCUT2D eigenvalue weighted by atomic mass is 9.89. The number of halogens is 3. The molecule has 1 aromatic rings. The fourth-order valence-corrected chi connectivity index (χ4v) is 2.51. The zero-order valence-corrected chi connectivity index (χ0v) is 14.1. The predicted octanol–water partition coefficient (Wildman–Crippen LogP) is 3.49. The molecule has 1 heterocycles. The number of Topliss-reactive ketones (excluding diaryl/α,β-unsaturated/α-hetero) is 2. The van der Waals surface area contributed by atoms with Crippen LogP contribution in [0.3, 0.4) is 0 Å². The summed E-state index contributed by atoms with van der Waals surface area (Å²) < 4.78 is 48.7. The zero-order chi connectivity index (χ0) is 19.3. The average Bonchev–Trinajstić information content (AvgIpc) is 2.57. The minimum Gasteiger partial charge on any atom is -0.506 e. The largest absolute Gasteiger partial charge is 0.506 e. The second kappa shape index (κ2) is 9.61. The molecule has 0 radical (unpaired) electrons. The summed E-state index contributed by atoms with van der Waals surface area (Å²) in [6.07, 6.45) is -4.11. The van der Waals surface area contributed by atoms with Gasteiger partial charge in [-0.3, -0.25) is 9.59 Å². The Kier molecular flexibility index (Phi) is 8.11. The summed E-state index contributed by atoms with van der Waals surface area (Å²) in [6, 6.07) is 1.67. The Balaban J connectivity index is 0.00000364. The van der Waals surface area contributed by atoms with Crippen molar-refractivity contribution in [2.45, 2.75) is 39.5 Å². The van der Waals surface area contributed by atoms with Crippen molar-refractivity contribution in [1.29, 1.82) is 0 Å². The highest BCUT2D eigenvalue weighted by molar-refractivity contribution is 6.25. The highest BCUT2D eigenvalue weighted by Crippen LogP contribution is 2.31. The van der Waals surface area contributed by atoms with Gasteiger partial charge in [-0.1, -0.05) is 7.43 Å². The van der Waals surface area contributed by atoms with E-state index >= 15 is 0 Å². The highest BCUT2D eigenvalue weighted by Gasteiger charge is 2.34. The normalized spacial score (nSPS) is 14.9. The molecule has 1 saturated carbocycles. The van der Waals surface area contributed by atoms with Crippen molar-refractivity contribution in [2.24, 2.45) is 0 Å². The number of pyridine rings is 1. The predicted molar refractivity (Wildman–Crippen MR) is 90.9 cm³/mol. The van der Waals surface area contributed by atoms with E-state index in [1.54, 1.807) is 0 Å². The van der Waals surface area contributed by atoms with Crippen molar-refractivity contribution in [3.63, 3.8) is 0 Å². The quantitative estimate of drug-likeness (QED) is 0.347. The Bertz CT molecular complexity index is 710. The number of nitrogens with zero attached hydrogens (tertiary/aromatic N) is 1. The Morgan fingerprint density at radius 2 is 1.81 bits per heavy atom. The van der Waals surface area contributed by atoms with Gasteiger partial charge in [-0.25, -0.2) is 4.98 Å². The van der Waals surface area contributed by atoms with E-state index in [-0.39, 0.29) is 51.3 Å². The molecule has 0 bridgehead atoms. The van der Waals surface area contributed by atoms with E-state index in [0.29, 0.717) is 12.5 Å². The van der Waals surface area contributed by atoms with Gasteiger partial charge >= 0.3 is 6.18 Å². The van der Waals surface area contributed by atoms with Crippen LogP contribution in [0, 0.1) is 0 Å². The summed E-state index contributed by atoms with van der Waals surface area (Å²) in [7, 11) is 1.44. The van der Waals surface area contributed by atoms with Gasteiger partial charge in [-0.2, -0.15) is 13.2 Å². The summed E-state index contributed by atoms with van der Waals surface area (Å²) in [6.45, 7) is -0.0241. The van der Waals surface area contributed by atoms with Crippen LogP contribution < -0.4 is 0 Å².